The van der Waals surface area contributed by atoms with Gasteiger partial charge in [0.1, 0.15) is 0 Å². The fourth-order valence-electron chi connectivity index (χ4n) is 1.99. The average Bonchev–Trinajstić information content (AvgIpc) is 2.15. The van der Waals surface area contributed by atoms with Crippen LogP contribution in [-0.2, 0) is 4.79 Å². The number of carbonyl (C=O) groups is 1. The number of aliphatic carboxylic acids is 1. The minimum Gasteiger partial charge on any atom is -0.481 e. The number of nitrogens with zero attached hydrogens (tertiary/aromatic N) is 1. The van der Waals surface area contributed by atoms with E-state index in [1.165, 1.54) is 0 Å². The zero-order chi connectivity index (χ0) is 11.5. The number of halogens is 2. The molecule has 0 aliphatic carbocycles. The van der Waals surface area contributed by atoms with Crippen LogP contribution >= 0.6 is 0 Å². The molecule has 0 amide bonds. The molecular weight excluding hydrogens is 204 g/mol. The van der Waals surface area contributed by atoms with Crippen molar-refractivity contribution in [1.29, 1.82) is 0 Å². The molecule has 0 saturated carbocycles. The first kappa shape index (κ1) is 12.4. The fourth-order valence-corrected chi connectivity index (χ4v) is 1.99. The molecule has 1 aliphatic rings. The normalized spacial score (nSPS) is 24.1. The topological polar surface area (TPSA) is 40.5 Å². The van der Waals surface area contributed by atoms with E-state index in [9.17, 15) is 13.6 Å². The molecule has 0 bridgehead atoms. The predicted octanol–water partition coefficient (Wildman–Crippen LogP) is 1.83. The van der Waals surface area contributed by atoms with Crippen LogP contribution in [0.15, 0.2) is 0 Å². The number of hydrogen-bond donors (Lipinski definition) is 1. The smallest absolute Gasteiger partial charge is 0.303 e. The van der Waals surface area contributed by atoms with Gasteiger partial charge >= 0.3 is 5.97 Å². The summed E-state index contributed by atoms with van der Waals surface area (Å²) in [7, 11) is 1.82. The first-order valence-corrected chi connectivity index (χ1v) is 5.20. The third-order valence-corrected chi connectivity index (χ3v) is 2.89. The van der Waals surface area contributed by atoms with Gasteiger partial charge < -0.3 is 10.0 Å². The van der Waals surface area contributed by atoms with Crippen LogP contribution in [0.5, 0.6) is 0 Å². The second-order valence-electron chi connectivity index (χ2n) is 4.26. The molecule has 1 aliphatic heterocycles. The van der Waals surface area contributed by atoms with Crippen LogP contribution < -0.4 is 0 Å². The van der Waals surface area contributed by atoms with Crippen molar-refractivity contribution in [2.24, 2.45) is 5.92 Å². The molecule has 1 heterocycles. The predicted molar refractivity (Wildman–Crippen MR) is 52.0 cm³/mol. The summed E-state index contributed by atoms with van der Waals surface area (Å²) in [6.07, 6.45) is 0.273. The summed E-state index contributed by atoms with van der Waals surface area (Å²) in [6, 6.07) is 0. The lowest BCUT2D eigenvalue weighted by atomic mass is 9.89. The van der Waals surface area contributed by atoms with Crippen molar-refractivity contribution in [2.45, 2.75) is 31.6 Å². The Hall–Kier alpha value is -0.710. The van der Waals surface area contributed by atoms with E-state index in [1.54, 1.807) is 0 Å². The van der Waals surface area contributed by atoms with Crippen molar-refractivity contribution in [3.63, 3.8) is 0 Å². The molecule has 1 N–H and O–H groups in total. The molecule has 15 heavy (non-hydrogen) atoms. The summed E-state index contributed by atoms with van der Waals surface area (Å²) in [6.45, 7) is 1.22. The highest BCUT2D eigenvalue weighted by Crippen LogP contribution is 2.35. The Balaban J connectivity index is 2.47. The summed E-state index contributed by atoms with van der Waals surface area (Å²) in [4.78, 5) is 12.1. The summed E-state index contributed by atoms with van der Waals surface area (Å²) in [5.41, 5.74) is 0. The Kier molecular flexibility index (Phi) is 4.02. The molecule has 1 rings (SSSR count). The summed E-state index contributed by atoms with van der Waals surface area (Å²) in [5.74, 6) is -4.68. The molecule has 0 aromatic carbocycles. The molecule has 0 radical (unpaired) electrons. The third kappa shape index (κ3) is 3.74. The number of carboxylic acids is 1. The van der Waals surface area contributed by atoms with Gasteiger partial charge in [-0.15, -0.1) is 0 Å². The largest absolute Gasteiger partial charge is 0.481 e. The molecule has 1 atom stereocenters. The Morgan fingerprint density at radius 2 is 2.27 bits per heavy atom. The Morgan fingerprint density at radius 3 is 2.80 bits per heavy atom. The van der Waals surface area contributed by atoms with E-state index in [4.69, 9.17) is 5.11 Å². The monoisotopic (exact) mass is 221 g/mol. The van der Waals surface area contributed by atoms with E-state index in [2.05, 4.69) is 0 Å². The average molecular weight is 221 g/mol. The van der Waals surface area contributed by atoms with Gasteiger partial charge in [-0.3, -0.25) is 4.79 Å². The third-order valence-electron chi connectivity index (χ3n) is 2.89. The van der Waals surface area contributed by atoms with Crippen LogP contribution in [0.1, 0.15) is 25.7 Å². The van der Waals surface area contributed by atoms with Gasteiger partial charge in [-0.2, -0.15) is 0 Å². The molecule has 1 fully saturated rings. The van der Waals surface area contributed by atoms with Gasteiger partial charge in [0.25, 0.3) is 5.92 Å². The van der Waals surface area contributed by atoms with Gasteiger partial charge in [-0.1, -0.05) is 0 Å². The van der Waals surface area contributed by atoms with Gasteiger partial charge in [-0.05, 0) is 26.4 Å². The molecule has 0 spiro atoms. The second kappa shape index (κ2) is 4.88. The highest BCUT2D eigenvalue weighted by molar-refractivity contribution is 5.66. The SMILES string of the molecule is CN1CCCC(C(F)(F)CCC(=O)O)C1. The lowest BCUT2D eigenvalue weighted by Gasteiger charge is -2.34. The summed E-state index contributed by atoms with van der Waals surface area (Å²) in [5, 5.41) is 8.38. The van der Waals surface area contributed by atoms with Crippen molar-refractivity contribution in [1.82, 2.24) is 4.90 Å². The van der Waals surface area contributed by atoms with Gasteiger partial charge in [-0.25, -0.2) is 8.78 Å². The van der Waals surface area contributed by atoms with Gasteiger partial charge in [0.2, 0.25) is 0 Å². The van der Waals surface area contributed by atoms with Crippen LogP contribution in [0.25, 0.3) is 0 Å². The zero-order valence-corrected chi connectivity index (χ0v) is 8.88. The van der Waals surface area contributed by atoms with E-state index < -0.39 is 30.7 Å². The molecule has 0 aromatic rings. The molecule has 88 valence electrons. The van der Waals surface area contributed by atoms with Crippen LogP contribution in [-0.4, -0.2) is 42.0 Å². The Labute approximate surface area is 88.1 Å². The standard InChI is InChI=1S/C10H17F2NO2/c1-13-6-2-3-8(7-13)10(11,12)5-4-9(14)15/h8H,2-7H2,1H3,(H,14,15). The maximum Gasteiger partial charge on any atom is 0.303 e. The van der Waals surface area contributed by atoms with Crippen LogP contribution in [0, 0.1) is 5.92 Å². The molecule has 3 nitrogen and oxygen atoms in total. The highest BCUT2D eigenvalue weighted by Gasteiger charge is 2.40. The maximum atomic E-state index is 13.6. The van der Waals surface area contributed by atoms with Gasteiger partial charge in [0.05, 0.1) is 6.42 Å². The Bertz CT molecular complexity index is 233. The molecular formula is C10H17F2NO2. The van der Waals surface area contributed by atoms with Gasteiger partial charge in [0.15, 0.2) is 0 Å². The van der Waals surface area contributed by atoms with Crippen molar-refractivity contribution in [3.05, 3.63) is 0 Å². The molecule has 1 unspecified atom stereocenters. The molecule has 1 saturated heterocycles. The van der Waals surface area contributed by atoms with Crippen LogP contribution in [0.4, 0.5) is 8.78 Å². The first-order chi connectivity index (χ1) is 6.92. The van der Waals surface area contributed by atoms with E-state index in [0.29, 0.717) is 13.0 Å². The highest BCUT2D eigenvalue weighted by atomic mass is 19.3. The minimum absolute atomic E-state index is 0.368. The fraction of sp³-hybridized carbons (Fsp3) is 0.900. The summed E-state index contributed by atoms with van der Waals surface area (Å²) >= 11 is 0. The van der Waals surface area contributed by atoms with Crippen molar-refractivity contribution in [3.8, 4) is 0 Å². The molecule has 0 aromatic heterocycles. The van der Waals surface area contributed by atoms with E-state index in [1.807, 2.05) is 11.9 Å². The van der Waals surface area contributed by atoms with E-state index in [-0.39, 0.29) is 0 Å². The van der Waals surface area contributed by atoms with E-state index in [0.717, 1.165) is 13.0 Å². The lowest BCUT2D eigenvalue weighted by molar-refractivity contribution is -0.141. The zero-order valence-electron chi connectivity index (χ0n) is 8.88. The lowest BCUT2D eigenvalue weighted by Crippen LogP contribution is -2.41. The number of carboxylic acid groups (broad SMARTS) is 1. The number of alkyl halides is 2. The molecule has 5 heteroatoms. The summed E-state index contributed by atoms with van der Waals surface area (Å²) < 4.78 is 27.1. The van der Waals surface area contributed by atoms with E-state index >= 15 is 0 Å². The minimum atomic E-state index is -2.84. The second-order valence-corrected chi connectivity index (χ2v) is 4.26. The quantitative estimate of drug-likeness (QED) is 0.787. The number of piperidine rings is 1. The Morgan fingerprint density at radius 1 is 1.60 bits per heavy atom. The number of likely N-dealkylation sites (tertiary alicyclic amines) is 1. The first-order valence-electron chi connectivity index (χ1n) is 5.20. The van der Waals surface area contributed by atoms with Crippen molar-refractivity contribution < 1.29 is 18.7 Å². The van der Waals surface area contributed by atoms with Crippen LogP contribution in [0.2, 0.25) is 0 Å². The number of hydrogen-bond acceptors (Lipinski definition) is 2. The van der Waals surface area contributed by atoms with Crippen molar-refractivity contribution in [2.75, 3.05) is 20.1 Å². The van der Waals surface area contributed by atoms with Gasteiger partial charge in [0, 0.05) is 18.9 Å². The van der Waals surface area contributed by atoms with Crippen molar-refractivity contribution >= 4 is 5.97 Å². The maximum absolute atomic E-state index is 13.6. The van der Waals surface area contributed by atoms with Crippen LogP contribution in [0.3, 0.4) is 0 Å². The number of rotatable bonds is 4.